The van der Waals surface area contributed by atoms with Crippen LogP contribution in [0.5, 0.6) is 0 Å². The molecule has 0 unspecified atom stereocenters. The highest BCUT2D eigenvalue weighted by Crippen LogP contribution is 2.25. The average molecular weight is 368 g/mol. The van der Waals surface area contributed by atoms with E-state index in [0.29, 0.717) is 37.7 Å². The van der Waals surface area contributed by atoms with Crippen LogP contribution in [0.15, 0.2) is 29.2 Å². The predicted molar refractivity (Wildman–Crippen MR) is 97.0 cm³/mol. The first-order chi connectivity index (χ1) is 11.7. The first-order valence-corrected chi connectivity index (χ1v) is 10.1. The molecule has 1 aromatic rings. The fraction of sp³-hybridized carbons (Fsp3) is 0.611. The number of benzene rings is 1. The summed E-state index contributed by atoms with van der Waals surface area (Å²) in [5.41, 5.74) is 1.08. The number of hydrogen-bond donors (Lipinski definition) is 0. The highest BCUT2D eigenvalue weighted by atomic mass is 32.2. The standard InChI is InChI=1S/C18H28N2O4S/c1-5-24-14-17(21)19-10-12-20(13-11-19)25(22,23)16-8-6-15(7-9-16)18(2,3)4/h6-9H,5,10-14H2,1-4H3. The maximum atomic E-state index is 12.8. The highest BCUT2D eigenvalue weighted by Gasteiger charge is 2.30. The van der Waals surface area contributed by atoms with Crippen molar-refractivity contribution in [1.82, 2.24) is 9.21 Å². The minimum atomic E-state index is -3.53. The van der Waals surface area contributed by atoms with Gasteiger partial charge in [0.15, 0.2) is 0 Å². The number of sulfonamides is 1. The second-order valence-corrected chi connectivity index (χ2v) is 9.13. The fourth-order valence-electron chi connectivity index (χ4n) is 2.73. The molecule has 0 saturated carbocycles. The molecule has 0 aromatic heterocycles. The van der Waals surface area contributed by atoms with Gasteiger partial charge in [-0.3, -0.25) is 4.79 Å². The third-order valence-corrected chi connectivity index (χ3v) is 6.29. The van der Waals surface area contributed by atoms with E-state index < -0.39 is 10.0 Å². The number of nitrogens with zero attached hydrogens (tertiary/aromatic N) is 2. The second-order valence-electron chi connectivity index (χ2n) is 7.20. The summed E-state index contributed by atoms with van der Waals surface area (Å²) in [6.07, 6.45) is 0. The van der Waals surface area contributed by atoms with Gasteiger partial charge in [-0.05, 0) is 30.0 Å². The molecule has 0 N–H and O–H groups in total. The molecule has 2 rings (SSSR count). The predicted octanol–water partition coefficient (Wildman–Crippen LogP) is 1.85. The van der Waals surface area contributed by atoms with Crippen molar-refractivity contribution >= 4 is 15.9 Å². The van der Waals surface area contributed by atoms with Gasteiger partial charge in [0.1, 0.15) is 6.61 Å². The minimum absolute atomic E-state index is 0.0190. The lowest BCUT2D eigenvalue weighted by Crippen LogP contribution is -2.51. The number of rotatable bonds is 5. The van der Waals surface area contributed by atoms with E-state index in [0.717, 1.165) is 5.56 Å². The molecule has 6 nitrogen and oxygen atoms in total. The Morgan fingerprint density at radius 1 is 1.08 bits per heavy atom. The van der Waals surface area contributed by atoms with Crippen molar-refractivity contribution in [3.05, 3.63) is 29.8 Å². The van der Waals surface area contributed by atoms with E-state index in [2.05, 4.69) is 20.8 Å². The van der Waals surface area contributed by atoms with Gasteiger partial charge < -0.3 is 9.64 Å². The molecule has 1 aromatic carbocycles. The number of ether oxygens (including phenoxy) is 1. The third kappa shape index (κ3) is 4.80. The molecular weight excluding hydrogens is 340 g/mol. The lowest BCUT2D eigenvalue weighted by molar-refractivity contribution is -0.137. The molecule has 1 aliphatic heterocycles. The topological polar surface area (TPSA) is 66.9 Å². The zero-order valence-electron chi connectivity index (χ0n) is 15.5. The summed E-state index contributed by atoms with van der Waals surface area (Å²) in [4.78, 5) is 13.9. The van der Waals surface area contributed by atoms with Gasteiger partial charge in [0.25, 0.3) is 0 Å². The monoisotopic (exact) mass is 368 g/mol. The van der Waals surface area contributed by atoms with Gasteiger partial charge in [-0.25, -0.2) is 8.42 Å². The third-order valence-electron chi connectivity index (χ3n) is 4.38. The minimum Gasteiger partial charge on any atom is -0.372 e. The summed E-state index contributed by atoms with van der Waals surface area (Å²) in [5, 5.41) is 0. The molecule has 7 heteroatoms. The molecule has 1 saturated heterocycles. The van der Waals surface area contributed by atoms with Crippen LogP contribution in [0.25, 0.3) is 0 Å². The van der Waals surface area contributed by atoms with Gasteiger partial charge in [0.05, 0.1) is 4.90 Å². The summed E-state index contributed by atoms with van der Waals surface area (Å²) in [7, 11) is -3.53. The van der Waals surface area contributed by atoms with Crippen LogP contribution >= 0.6 is 0 Å². The van der Waals surface area contributed by atoms with E-state index in [1.54, 1.807) is 17.0 Å². The molecule has 25 heavy (non-hydrogen) atoms. The Kier molecular flexibility index (Phi) is 6.24. The summed E-state index contributed by atoms with van der Waals surface area (Å²) < 4.78 is 32.2. The van der Waals surface area contributed by atoms with Crippen LogP contribution in [-0.4, -0.2) is 62.9 Å². The Bertz CT molecular complexity index is 685. The van der Waals surface area contributed by atoms with Gasteiger partial charge in [0, 0.05) is 32.8 Å². The van der Waals surface area contributed by atoms with Crippen molar-refractivity contribution in [3.63, 3.8) is 0 Å². The lowest BCUT2D eigenvalue weighted by Gasteiger charge is -2.34. The second kappa shape index (κ2) is 7.85. The Labute approximate surface area is 150 Å². The Morgan fingerprint density at radius 3 is 2.12 bits per heavy atom. The maximum Gasteiger partial charge on any atom is 0.248 e. The number of amides is 1. The van der Waals surface area contributed by atoms with E-state index in [9.17, 15) is 13.2 Å². The smallest absolute Gasteiger partial charge is 0.248 e. The van der Waals surface area contributed by atoms with Crippen molar-refractivity contribution in [2.45, 2.75) is 38.0 Å². The van der Waals surface area contributed by atoms with Crippen LogP contribution < -0.4 is 0 Å². The van der Waals surface area contributed by atoms with Crippen LogP contribution in [0.3, 0.4) is 0 Å². The normalized spacial score (nSPS) is 16.9. The van der Waals surface area contributed by atoms with Gasteiger partial charge in [-0.2, -0.15) is 4.31 Å². The number of hydrogen-bond acceptors (Lipinski definition) is 4. The van der Waals surface area contributed by atoms with Gasteiger partial charge in [0.2, 0.25) is 15.9 Å². The fourth-order valence-corrected chi connectivity index (χ4v) is 4.16. The number of carbonyl (C=O) groups excluding carboxylic acids is 1. The summed E-state index contributed by atoms with van der Waals surface area (Å²) in [6.45, 7) is 10.1. The van der Waals surface area contributed by atoms with Gasteiger partial charge >= 0.3 is 0 Å². The average Bonchev–Trinajstić information content (AvgIpc) is 2.59. The Hall–Kier alpha value is -1.44. The number of piperazine rings is 1. The van der Waals surface area contributed by atoms with Crippen LogP contribution in [0.2, 0.25) is 0 Å². The molecular formula is C18H28N2O4S. The van der Waals surface area contributed by atoms with Crippen molar-refractivity contribution in [3.8, 4) is 0 Å². The molecule has 0 spiro atoms. The summed E-state index contributed by atoms with van der Waals surface area (Å²) >= 11 is 0. The maximum absolute atomic E-state index is 12.8. The Balaban J connectivity index is 2.03. The van der Waals surface area contributed by atoms with E-state index in [-0.39, 0.29) is 17.9 Å². The van der Waals surface area contributed by atoms with Crippen LogP contribution in [0.1, 0.15) is 33.3 Å². The van der Waals surface area contributed by atoms with Crippen LogP contribution in [0.4, 0.5) is 0 Å². The lowest BCUT2D eigenvalue weighted by atomic mass is 9.87. The molecule has 1 heterocycles. The first kappa shape index (κ1) is 19.9. The van der Waals surface area contributed by atoms with Crippen molar-refractivity contribution in [2.75, 3.05) is 39.4 Å². The van der Waals surface area contributed by atoms with E-state index in [4.69, 9.17) is 4.74 Å². The van der Waals surface area contributed by atoms with Crippen molar-refractivity contribution in [1.29, 1.82) is 0 Å². The van der Waals surface area contributed by atoms with Crippen molar-refractivity contribution in [2.24, 2.45) is 0 Å². The van der Waals surface area contributed by atoms with Crippen LogP contribution in [0, 0.1) is 0 Å². The zero-order chi connectivity index (χ0) is 18.7. The molecule has 0 bridgehead atoms. The molecule has 140 valence electrons. The van der Waals surface area contributed by atoms with Gasteiger partial charge in [-0.15, -0.1) is 0 Å². The summed E-state index contributed by atoms with van der Waals surface area (Å²) in [5.74, 6) is -0.0894. The number of carbonyl (C=O) groups is 1. The largest absolute Gasteiger partial charge is 0.372 e. The molecule has 0 atom stereocenters. The zero-order valence-corrected chi connectivity index (χ0v) is 16.3. The first-order valence-electron chi connectivity index (χ1n) is 8.62. The molecule has 1 aliphatic rings. The van der Waals surface area contributed by atoms with Gasteiger partial charge in [-0.1, -0.05) is 32.9 Å². The molecule has 0 aliphatic carbocycles. The van der Waals surface area contributed by atoms with Crippen molar-refractivity contribution < 1.29 is 17.9 Å². The molecule has 1 fully saturated rings. The van der Waals surface area contributed by atoms with E-state index in [1.807, 2.05) is 19.1 Å². The molecule has 1 amide bonds. The van der Waals surface area contributed by atoms with Crippen LogP contribution in [-0.2, 0) is 25.0 Å². The quantitative estimate of drug-likeness (QED) is 0.796. The summed E-state index contributed by atoms with van der Waals surface area (Å²) in [6, 6.07) is 7.08. The Morgan fingerprint density at radius 2 is 1.64 bits per heavy atom. The molecule has 0 radical (unpaired) electrons. The van der Waals surface area contributed by atoms with E-state index in [1.165, 1.54) is 4.31 Å². The van der Waals surface area contributed by atoms with E-state index >= 15 is 0 Å². The SMILES string of the molecule is CCOCC(=O)N1CCN(S(=O)(=O)c2ccc(C(C)(C)C)cc2)CC1. The highest BCUT2D eigenvalue weighted by molar-refractivity contribution is 7.89.